The van der Waals surface area contributed by atoms with Crippen LogP contribution < -0.4 is 5.32 Å². The molecule has 1 unspecified atom stereocenters. The van der Waals surface area contributed by atoms with Crippen LogP contribution in [0.4, 0.5) is 0 Å². The standard InChI is InChI=1S/C14H23NO3/c1-9(2)6-13(16)15-8-14(5,17)12-7-10(3)18-11(12)4/h7,9,17H,6,8H2,1-5H3,(H,15,16). The Bertz CT molecular complexity index is 419. The molecule has 0 aromatic carbocycles. The van der Waals surface area contributed by atoms with Crippen molar-refractivity contribution in [3.8, 4) is 0 Å². The Kier molecular flexibility index (Phi) is 4.57. The molecule has 1 atom stereocenters. The van der Waals surface area contributed by atoms with Gasteiger partial charge in [-0.3, -0.25) is 4.79 Å². The van der Waals surface area contributed by atoms with Crippen LogP contribution in [0.15, 0.2) is 10.5 Å². The van der Waals surface area contributed by atoms with E-state index < -0.39 is 5.60 Å². The van der Waals surface area contributed by atoms with E-state index in [-0.39, 0.29) is 12.5 Å². The third-order valence-corrected chi connectivity index (χ3v) is 2.84. The van der Waals surface area contributed by atoms with E-state index in [4.69, 9.17) is 4.42 Å². The molecule has 0 radical (unpaired) electrons. The lowest BCUT2D eigenvalue weighted by molar-refractivity contribution is -0.123. The van der Waals surface area contributed by atoms with E-state index in [0.29, 0.717) is 18.1 Å². The van der Waals surface area contributed by atoms with Crippen LogP contribution >= 0.6 is 0 Å². The van der Waals surface area contributed by atoms with Gasteiger partial charge in [-0.25, -0.2) is 0 Å². The highest BCUT2D eigenvalue weighted by molar-refractivity contribution is 5.76. The number of aliphatic hydroxyl groups is 1. The van der Waals surface area contributed by atoms with Crippen molar-refractivity contribution in [2.45, 2.75) is 46.6 Å². The zero-order valence-electron chi connectivity index (χ0n) is 11.8. The number of hydrogen-bond donors (Lipinski definition) is 2. The van der Waals surface area contributed by atoms with Crippen molar-refractivity contribution in [3.05, 3.63) is 23.2 Å². The molecule has 0 bridgehead atoms. The van der Waals surface area contributed by atoms with Crippen LogP contribution in [0.2, 0.25) is 0 Å². The van der Waals surface area contributed by atoms with E-state index in [1.165, 1.54) is 0 Å². The molecule has 1 aromatic rings. The maximum absolute atomic E-state index is 11.6. The number of amides is 1. The number of furan rings is 1. The van der Waals surface area contributed by atoms with Crippen molar-refractivity contribution in [3.63, 3.8) is 0 Å². The summed E-state index contributed by atoms with van der Waals surface area (Å²) in [5, 5.41) is 13.1. The van der Waals surface area contributed by atoms with Gasteiger partial charge in [0.05, 0.1) is 6.54 Å². The molecule has 18 heavy (non-hydrogen) atoms. The van der Waals surface area contributed by atoms with Crippen LogP contribution in [0.1, 0.15) is 44.3 Å². The largest absolute Gasteiger partial charge is 0.466 e. The van der Waals surface area contributed by atoms with Gasteiger partial charge in [0.25, 0.3) is 0 Å². The lowest BCUT2D eigenvalue weighted by Crippen LogP contribution is -2.39. The molecule has 1 heterocycles. The number of aryl methyl sites for hydroxylation is 2. The highest BCUT2D eigenvalue weighted by atomic mass is 16.3. The first kappa shape index (κ1) is 14.8. The molecule has 0 saturated heterocycles. The Morgan fingerprint density at radius 3 is 2.56 bits per heavy atom. The first-order valence-corrected chi connectivity index (χ1v) is 6.29. The predicted molar refractivity (Wildman–Crippen MR) is 70.2 cm³/mol. The molecule has 4 heteroatoms. The highest BCUT2D eigenvalue weighted by Crippen LogP contribution is 2.26. The highest BCUT2D eigenvalue weighted by Gasteiger charge is 2.28. The third-order valence-electron chi connectivity index (χ3n) is 2.84. The number of carbonyl (C=O) groups excluding carboxylic acids is 1. The second-order valence-electron chi connectivity index (χ2n) is 5.48. The molecule has 0 saturated carbocycles. The fourth-order valence-electron chi connectivity index (χ4n) is 1.97. The first-order valence-electron chi connectivity index (χ1n) is 6.29. The van der Waals surface area contributed by atoms with E-state index in [1.54, 1.807) is 6.92 Å². The maximum Gasteiger partial charge on any atom is 0.220 e. The van der Waals surface area contributed by atoms with Crippen LogP contribution in [0, 0.1) is 19.8 Å². The summed E-state index contributed by atoms with van der Waals surface area (Å²) >= 11 is 0. The minimum Gasteiger partial charge on any atom is -0.466 e. The zero-order valence-corrected chi connectivity index (χ0v) is 11.8. The molecule has 1 rings (SSSR count). The molecular weight excluding hydrogens is 230 g/mol. The van der Waals surface area contributed by atoms with E-state index in [9.17, 15) is 9.90 Å². The summed E-state index contributed by atoms with van der Waals surface area (Å²) in [6.07, 6.45) is 0.472. The van der Waals surface area contributed by atoms with Crippen molar-refractivity contribution in [2.24, 2.45) is 5.92 Å². The minimum absolute atomic E-state index is 0.0388. The Morgan fingerprint density at radius 1 is 1.50 bits per heavy atom. The SMILES string of the molecule is Cc1cc(C(C)(O)CNC(=O)CC(C)C)c(C)o1. The maximum atomic E-state index is 11.6. The van der Waals surface area contributed by atoms with Gasteiger partial charge in [0.2, 0.25) is 5.91 Å². The quantitative estimate of drug-likeness (QED) is 0.846. The summed E-state index contributed by atoms with van der Waals surface area (Å²) in [6.45, 7) is 9.50. The van der Waals surface area contributed by atoms with Gasteiger partial charge in [-0.2, -0.15) is 0 Å². The molecule has 0 spiro atoms. The van der Waals surface area contributed by atoms with E-state index >= 15 is 0 Å². The number of rotatable bonds is 5. The average Bonchev–Trinajstić information content (AvgIpc) is 2.55. The lowest BCUT2D eigenvalue weighted by atomic mass is 9.96. The summed E-state index contributed by atoms with van der Waals surface area (Å²) in [6, 6.07) is 1.81. The summed E-state index contributed by atoms with van der Waals surface area (Å²) in [5.74, 6) is 1.72. The van der Waals surface area contributed by atoms with Crippen molar-refractivity contribution >= 4 is 5.91 Å². The van der Waals surface area contributed by atoms with Crippen molar-refractivity contribution in [2.75, 3.05) is 6.54 Å². The summed E-state index contributed by atoms with van der Waals surface area (Å²) in [4.78, 5) is 11.6. The average molecular weight is 253 g/mol. The summed E-state index contributed by atoms with van der Waals surface area (Å²) in [7, 11) is 0. The van der Waals surface area contributed by atoms with Crippen LogP contribution in [0.25, 0.3) is 0 Å². The van der Waals surface area contributed by atoms with Gasteiger partial charge in [0.1, 0.15) is 17.1 Å². The van der Waals surface area contributed by atoms with Gasteiger partial charge >= 0.3 is 0 Å². The van der Waals surface area contributed by atoms with Gasteiger partial charge < -0.3 is 14.8 Å². The van der Waals surface area contributed by atoms with E-state index in [0.717, 1.165) is 11.3 Å². The lowest BCUT2D eigenvalue weighted by Gasteiger charge is -2.23. The molecule has 102 valence electrons. The van der Waals surface area contributed by atoms with Gasteiger partial charge in [-0.1, -0.05) is 13.8 Å². The third kappa shape index (κ3) is 3.88. The van der Waals surface area contributed by atoms with E-state index in [1.807, 2.05) is 33.8 Å². The first-order chi connectivity index (χ1) is 8.22. The van der Waals surface area contributed by atoms with E-state index in [2.05, 4.69) is 5.32 Å². The molecular formula is C14H23NO3. The second kappa shape index (κ2) is 5.57. The smallest absolute Gasteiger partial charge is 0.220 e. The normalized spacial score (nSPS) is 14.6. The van der Waals surface area contributed by atoms with Crippen molar-refractivity contribution in [1.82, 2.24) is 5.32 Å². The second-order valence-corrected chi connectivity index (χ2v) is 5.48. The Labute approximate surface area is 108 Å². The monoisotopic (exact) mass is 253 g/mol. The van der Waals surface area contributed by atoms with Gasteiger partial charge in [0.15, 0.2) is 0 Å². The molecule has 1 amide bonds. The Balaban J connectivity index is 2.65. The van der Waals surface area contributed by atoms with Crippen LogP contribution in [0.3, 0.4) is 0 Å². The van der Waals surface area contributed by atoms with Crippen LogP contribution in [-0.4, -0.2) is 17.6 Å². The number of nitrogens with one attached hydrogen (secondary N) is 1. The predicted octanol–water partition coefficient (Wildman–Crippen LogP) is 2.27. The molecule has 0 aliphatic carbocycles. The Morgan fingerprint density at radius 2 is 2.11 bits per heavy atom. The zero-order chi connectivity index (χ0) is 13.9. The molecule has 0 aliphatic heterocycles. The molecule has 1 aromatic heterocycles. The van der Waals surface area contributed by atoms with Gasteiger partial charge in [-0.15, -0.1) is 0 Å². The molecule has 0 aliphatic rings. The van der Waals surface area contributed by atoms with Crippen LogP contribution in [-0.2, 0) is 10.4 Å². The van der Waals surface area contributed by atoms with Gasteiger partial charge in [-0.05, 0) is 32.8 Å². The van der Waals surface area contributed by atoms with Crippen molar-refractivity contribution < 1.29 is 14.3 Å². The number of carbonyl (C=O) groups is 1. The Hall–Kier alpha value is -1.29. The van der Waals surface area contributed by atoms with Gasteiger partial charge in [0, 0.05) is 12.0 Å². The fraction of sp³-hybridized carbons (Fsp3) is 0.643. The summed E-state index contributed by atoms with van der Waals surface area (Å²) in [5.41, 5.74) is -0.376. The van der Waals surface area contributed by atoms with Crippen LogP contribution in [0.5, 0.6) is 0 Å². The molecule has 2 N–H and O–H groups in total. The topological polar surface area (TPSA) is 62.5 Å². The molecule has 0 fully saturated rings. The number of hydrogen-bond acceptors (Lipinski definition) is 3. The van der Waals surface area contributed by atoms with Crippen molar-refractivity contribution in [1.29, 1.82) is 0 Å². The minimum atomic E-state index is -1.10. The summed E-state index contributed by atoms with van der Waals surface area (Å²) < 4.78 is 5.40. The fourth-order valence-corrected chi connectivity index (χ4v) is 1.97. The molecule has 4 nitrogen and oxygen atoms in total.